The fourth-order valence-electron chi connectivity index (χ4n) is 2.61. The minimum absolute atomic E-state index is 0.317. The Morgan fingerprint density at radius 3 is 2.07 bits per heavy atom. The van der Waals surface area contributed by atoms with Gasteiger partial charge in [0.1, 0.15) is 29.6 Å². The van der Waals surface area contributed by atoms with Gasteiger partial charge in [0.2, 0.25) is 11.8 Å². The maximum atomic E-state index is 12.4. The lowest BCUT2D eigenvalue weighted by atomic mass is 10.1. The topological polar surface area (TPSA) is 115 Å². The molecule has 0 aliphatic heterocycles. The molecule has 3 N–H and O–H groups in total. The summed E-state index contributed by atoms with van der Waals surface area (Å²) in [5.41, 5.74) is 1.31. The van der Waals surface area contributed by atoms with Crippen LogP contribution in [0.1, 0.15) is 5.56 Å². The minimum atomic E-state index is -0.673. The summed E-state index contributed by atoms with van der Waals surface area (Å²) < 4.78 is 21.1. The molecule has 9 nitrogen and oxygen atoms in total. The van der Waals surface area contributed by atoms with Gasteiger partial charge in [-0.05, 0) is 24.3 Å². The first-order chi connectivity index (χ1) is 14.4. The molecule has 0 aromatic heterocycles. The Bertz CT molecular complexity index is 916. The van der Waals surface area contributed by atoms with Crippen molar-refractivity contribution in [2.75, 3.05) is 45.7 Å². The first-order valence-corrected chi connectivity index (χ1v) is 8.83. The number of hydrogen-bond donors (Lipinski definition) is 3. The predicted octanol–water partition coefficient (Wildman–Crippen LogP) is 2.30. The number of anilines is 2. The van der Waals surface area contributed by atoms with E-state index in [2.05, 4.69) is 10.6 Å². The van der Waals surface area contributed by atoms with Gasteiger partial charge >= 0.3 is 0 Å². The van der Waals surface area contributed by atoms with E-state index < -0.39 is 18.4 Å². The van der Waals surface area contributed by atoms with Crippen LogP contribution in [0.4, 0.5) is 11.4 Å². The van der Waals surface area contributed by atoms with Gasteiger partial charge in [-0.15, -0.1) is 0 Å². The highest BCUT2D eigenvalue weighted by Gasteiger charge is 2.12. The summed E-state index contributed by atoms with van der Waals surface area (Å²) in [4.78, 5) is 23.9. The Kier molecular flexibility index (Phi) is 8.07. The smallest absolute Gasteiger partial charge is 0.250 e. The molecular formula is C21H24N2O7. The molecule has 0 saturated heterocycles. The summed E-state index contributed by atoms with van der Waals surface area (Å²) in [6.07, 6.45) is 2.88. The Morgan fingerprint density at radius 2 is 1.53 bits per heavy atom. The molecule has 0 atom stereocenters. The number of hydrogen-bond acceptors (Lipinski definition) is 7. The number of methoxy groups -OCH3 is 4. The van der Waals surface area contributed by atoms with Crippen LogP contribution < -0.4 is 29.6 Å². The van der Waals surface area contributed by atoms with Crippen LogP contribution in [0.15, 0.2) is 36.4 Å². The molecule has 0 fully saturated rings. The minimum Gasteiger partial charge on any atom is -0.496 e. The van der Waals surface area contributed by atoms with E-state index in [0.29, 0.717) is 39.9 Å². The second-order valence-electron chi connectivity index (χ2n) is 5.89. The zero-order valence-electron chi connectivity index (χ0n) is 17.1. The highest BCUT2D eigenvalue weighted by molar-refractivity contribution is 6.03. The van der Waals surface area contributed by atoms with Crippen LogP contribution in [0, 0.1) is 0 Å². The summed E-state index contributed by atoms with van der Waals surface area (Å²) in [5, 5.41) is 14.1. The van der Waals surface area contributed by atoms with Crippen molar-refractivity contribution in [1.29, 1.82) is 0 Å². The maximum absolute atomic E-state index is 12.4. The summed E-state index contributed by atoms with van der Waals surface area (Å²) in [7, 11) is 5.99. The first-order valence-electron chi connectivity index (χ1n) is 8.83. The van der Waals surface area contributed by atoms with Crippen LogP contribution in [-0.2, 0) is 9.59 Å². The molecule has 0 aliphatic rings. The molecule has 0 aliphatic carbocycles. The van der Waals surface area contributed by atoms with Gasteiger partial charge in [0.25, 0.3) is 0 Å². The number of benzene rings is 2. The van der Waals surface area contributed by atoms with Gasteiger partial charge in [-0.25, -0.2) is 0 Å². The SMILES string of the molecule is COc1cc(OC)c(C=CC(=O)Nc2ccc(OC)c(NC(=O)CO)c2)c(OC)c1. The second-order valence-corrected chi connectivity index (χ2v) is 5.89. The van der Waals surface area contributed by atoms with Crippen LogP contribution in [0.2, 0.25) is 0 Å². The number of aliphatic hydroxyl groups excluding tert-OH is 1. The molecule has 2 rings (SSSR count). The van der Waals surface area contributed by atoms with Crippen LogP contribution in [0.25, 0.3) is 6.08 Å². The first kappa shape index (κ1) is 22.6. The highest BCUT2D eigenvalue weighted by Crippen LogP contribution is 2.35. The molecule has 30 heavy (non-hydrogen) atoms. The Labute approximate surface area is 174 Å². The number of amides is 2. The molecule has 0 saturated carbocycles. The summed E-state index contributed by atoms with van der Waals surface area (Å²) >= 11 is 0. The van der Waals surface area contributed by atoms with Crippen molar-refractivity contribution in [3.8, 4) is 23.0 Å². The summed E-state index contributed by atoms with van der Waals surface area (Å²) in [5.74, 6) is 0.885. The molecular weight excluding hydrogens is 392 g/mol. The molecule has 9 heteroatoms. The molecule has 0 unspecified atom stereocenters. The second kappa shape index (κ2) is 10.7. The average molecular weight is 416 g/mol. The molecule has 2 amide bonds. The number of aliphatic hydroxyl groups is 1. The quantitative estimate of drug-likeness (QED) is 0.537. The highest BCUT2D eigenvalue weighted by atomic mass is 16.5. The van der Waals surface area contributed by atoms with Gasteiger partial charge in [-0.1, -0.05) is 0 Å². The molecule has 0 spiro atoms. The van der Waals surface area contributed by atoms with Gasteiger partial charge in [0.15, 0.2) is 0 Å². The number of carbonyl (C=O) groups is 2. The maximum Gasteiger partial charge on any atom is 0.250 e. The lowest BCUT2D eigenvalue weighted by Crippen LogP contribution is -2.16. The third-order valence-corrected chi connectivity index (χ3v) is 4.04. The van der Waals surface area contributed by atoms with E-state index in [4.69, 9.17) is 24.1 Å². The number of nitrogens with one attached hydrogen (secondary N) is 2. The van der Waals surface area contributed by atoms with Crippen molar-refractivity contribution in [3.63, 3.8) is 0 Å². The zero-order chi connectivity index (χ0) is 22.1. The van der Waals surface area contributed by atoms with Gasteiger partial charge < -0.3 is 34.7 Å². The number of rotatable bonds is 9. The standard InChI is InChI=1S/C21H24N2O7/c1-27-14-10-18(29-3)15(19(11-14)30-4)6-8-20(25)22-13-5-7-17(28-2)16(9-13)23-21(26)12-24/h5-11,24H,12H2,1-4H3,(H,22,25)(H,23,26). The number of carbonyl (C=O) groups excluding carboxylic acids is 2. The van der Waals surface area contributed by atoms with E-state index >= 15 is 0 Å². The van der Waals surface area contributed by atoms with Gasteiger partial charge in [0, 0.05) is 23.9 Å². The van der Waals surface area contributed by atoms with E-state index in [1.54, 1.807) is 30.3 Å². The van der Waals surface area contributed by atoms with E-state index in [9.17, 15) is 9.59 Å². The molecule has 0 radical (unpaired) electrons. The summed E-state index contributed by atoms with van der Waals surface area (Å²) in [6, 6.07) is 8.08. The third-order valence-electron chi connectivity index (χ3n) is 4.04. The van der Waals surface area contributed by atoms with Crippen LogP contribution >= 0.6 is 0 Å². The van der Waals surface area contributed by atoms with E-state index in [-0.39, 0.29) is 0 Å². The third kappa shape index (κ3) is 5.65. The van der Waals surface area contributed by atoms with Gasteiger partial charge in [0.05, 0.1) is 39.7 Å². The van der Waals surface area contributed by atoms with E-state index in [1.165, 1.54) is 40.6 Å². The zero-order valence-corrected chi connectivity index (χ0v) is 17.1. The Balaban J connectivity index is 2.22. The molecule has 0 bridgehead atoms. The van der Waals surface area contributed by atoms with Crippen molar-refractivity contribution in [1.82, 2.24) is 0 Å². The molecule has 2 aromatic carbocycles. The van der Waals surface area contributed by atoms with Crippen molar-refractivity contribution in [3.05, 3.63) is 42.0 Å². The van der Waals surface area contributed by atoms with E-state index in [0.717, 1.165) is 0 Å². The number of ether oxygens (including phenoxy) is 4. The van der Waals surface area contributed by atoms with Crippen LogP contribution in [0.3, 0.4) is 0 Å². The van der Waals surface area contributed by atoms with E-state index in [1.807, 2.05) is 0 Å². The molecule has 0 heterocycles. The lowest BCUT2D eigenvalue weighted by molar-refractivity contribution is -0.118. The monoisotopic (exact) mass is 416 g/mol. The van der Waals surface area contributed by atoms with Gasteiger partial charge in [-0.2, -0.15) is 0 Å². The fraction of sp³-hybridized carbons (Fsp3) is 0.238. The van der Waals surface area contributed by atoms with Crippen molar-refractivity contribution < 1.29 is 33.6 Å². The largest absolute Gasteiger partial charge is 0.496 e. The lowest BCUT2D eigenvalue weighted by Gasteiger charge is -2.13. The van der Waals surface area contributed by atoms with Crippen LogP contribution in [0.5, 0.6) is 23.0 Å². The van der Waals surface area contributed by atoms with Gasteiger partial charge in [-0.3, -0.25) is 9.59 Å². The Morgan fingerprint density at radius 1 is 0.900 bits per heavy atom. The van der Waals surface area contributed by atoms with Crippen LogP contribution in [-0.4, -0.2) is 52.0 Å². The normalized spacial score (nSPS) is 10.4. The fourth-order valence-corrected chi connectivity index (χ4v) is 2.61. The van der Waals surface area contributed by atoms with Crippen molar-refractivity contribution >= 4 is 29.3 Å². The van der Waals surface area contributed by atoms with Crippen molar-refractivity contribution in [2.24, 2.45) is 0 Å². The van der Waals surface area contributed by atoms with Crippen molar-refractivity contribution in [2.45, 2.75) is 0 Å². The Hall–Kier alpha value is -3.72. The molecule has 2 aromatic rings. The molecule has 160 valence electrons. The average Bonchev–Trinajstić information content (AvgIpc) is 2.77. The summed E-state index contributed by atoms with van der Waals surface area (Å²) in [6.45, 7) is -0.673. The predicted molar refractivity (Wildman–Crippen MR) is 112 cm³/mol.